The fraction of sp³-hybridized carbons (Fsp3) is 0.875. The van der Waals surface area contributed by atoms with Crippen LogP contribution in [0.3, 0.4) is 0 Å². The molecule has 0 saturated carbocycles. The molecule has 0 aromatic heterocycles. The summed E-state index contributed by atoms with van der Waals surface area (Å²) in [4.78, 5) is 0. The van der Waals surface area contributed by atoms with Crippen molar-refractivity contribution in [2.45, 2.75) is 85.5 Å². The summed E-state index contributed by atoms with van der Waals surface area (Å²) in [6.07, 6.45) is 17.1. The Bertz CT molecular complexity index is 159. The molecule has 96 valence electrons. The minimum Gasteiger partial charge on any atom is -0.0885 e. The molecule has 0 aromatic carbocycles. The summed E-state index contributed by atoms with van der Waals surface area (Å²) in [5.74, 6) is 0. The number of unbranched alkanes of at least 4 members (excludes halogenated alkanes) is 7. The molecule has 0 aromatic rings. The molecule has 0 N–H and O–H groups in total. The number of hydrogen-bond donors (Lipinski definition) is 0. The standard InChI is InChI=1S/C16H32/c1-5-6-7-8-9-10-11-12-13-14-15-16(2,3)4/h13-14H,5-12,15H2,1-4H3/b14-13-. The van der Waals surface area contributed by atoms with Crippen LogP contribution in [0.2, 0.25) is 0 Å². The van der Waals surface area contributed by atoms with Crippen LogP contribution in [0, 0.1) is 5.41 Å². The largest absolute Gasteiger partial charge is 0.0885 e. The van der Waals surface area contributed by atoms with E-state index in [0.717, 1.165) is 0 Å². The summed E-state index contributed by atoms with van der Waals surface area (Å²) in [5.41, 5.74) is 0.455. The molecule has 0 saturated heterocycles. The predicted molar refractivity (Wildman–Crippen MR) is 75.8 cm³/mol. The van der Waals surface area contributed by atoms with Crippen molar-refractivity contribution >= 4 is 0 Å². The second-order valence-electron chi connectivity index (χ2n) is 6.15. The van der Waals surface area contributed by atoms with Crippen molar-refractivity contribution in [1.82, 2.24) is 0 Å². The van der Waals surface area contributed by atoms with Crippen molar-refractivity contribution in [3.63, 3.8) is 0 Å². The molecule has 0 rings (SSSR count). The summed E-state index contributed by atoms with van der Waals surface area (Å²) in [6.45, 7) is 9.17. The molecule has 0 fully saturated rings. The van der Waals surface area contributed by atoms with Gasteiger partial charge < -0.3 is 0 Å². The number of rotatable bonds is 9. The Morgan fingerprint density at radius 2 is 1.31 bits per heavy atom. The Morgan fingerprint density at radius 1 is 0.750 bits per heavy atom. The first-order valence-electron chi connectivity index (χ1n) is 7.21. The van der Waals surface area contributed by atoms with Crippen LogP contribution in [0.5, 0.6) is 0 Å². The topological polar surface area (TPSA) is 0 Å². The van der Waals surface area contributed by atoms with E-state index in [1.807, 2.05) is 0 Å². The van der Waals surface area contributed by atoms with Gasteiger partial charge in [0.15, 0.2) is 0 Å². The molecular formula is C16H32. The van der Waals surface area contributed by atoms with Crippen LogP contribution in [0.4, 0.5) is 0 Å². The lowest BCUT2D eigenvalue weighted by molar-refractivity contribution is 0.420. The summed E-state index contributed by atoms with van der Waals surface area (Å²) < 4.78 is 0. The molecule has 0 amide bonds. The molecule has 0 heterocycles. The average molecular weight is 224 g/mol. The molecule has 0 spiro atoms. The maximum Gasteiger partial charge on any atom is -0.0302 e. The van der Waals surface area contributed by atoms with E-state index in [9.17, 15) is 0 Å². The van der Waals surface area contributed by atoms with Gasteiger partial charge in [-0.1, -0.05) is 78.4 Å². The van der Waals surface area contributed by atoms with Crippen LogP contribution >= 0.6 is 0 Å². The van der Waals surface area contributed by atoms with Crippen molar-refractivity contribution < 1.29 is 0 Å². The fourth-order valence-electron chi connectivity index (χ4n) is 1.77. The third-order valence-electron chi connectivity index (χ3n) is 2.87. The smallest absolute Gasteiger partial charge is 0.0302 e. The van der Waals surface area contributed by atoms with E-state index in [0.29, 0.717) is 5.41 Å². The van der Waals surface area contributed by atoms with Crippen molar-refractivity contribution in [3.05, 3.63) is 12.2 Å². The first kappa shape index (κ1) is 15.7. The lowest BCUT2D eigenvalue weighted by atomic mass is 9.92. The third kappa shape index (κ3) is 13.7. The van der Waals surface area contributed by atoms with Gasteiger partial charge in [0, 0.05) is 0 Å². The van der Waals surface area contributed by atoms with Gasteiger partial charge in [0.25, 0.3) is 0 Å². The zero-order valence-electron chi connectivity index (χ0n) is 12.0. The van der Waals surface area contributed by atoms with Gasteiger partial charge in [0.05, 0.1) is 0 Å². The summed E-state index contributed by atoms with van der Waals surface area (Å²) in [7, 11) is 0. The molecule has 0 aliphatic carbocycles. The van der Waals surface area contributed by atoms with Crippen molar-refractivity contribution in [3.8, 4) is 0 Å². The highest BCUT2D eigenvalue weighted by Crippen LogP contribution is 2.19. The van der Waals surface area contributed by atoms with Gasteiger partial charge in [-0.3, -0.25) is 0 Å². The average Bonchev–Trinajstić information content (AvgIpc) is 2.19. The quantitative estimate of drug-likeness (QED) is 0.327. The van der Waals surface area contributed by atoms with E-state index in [-0.39, 0.29) is 0 Å². The lowest BCUT2D eigenvalue weighted by Gasteiger charge is -2.14. The van der Waals surface area contributed by atoms with Gasteiger partial charge in [-0.2, -0.15) is 0 Å². The van der Waals surface area contributed by atoms with Gasteiger partial charge in [-0.25, -0.2) is 0 Å². The van der Waals surface area contributed by atoms with Crippen LogP contribution in [-0.2, 0) is 0 Å². The van der Waals surface area contributed by atoms with Crippen LogP contribution in [-0.4, -0.2) is 0 Å². The van der Waals surface area contributed by atoms with Gasteiger partial charge in [-0.15, -0.1) is 0 Å². The molecule has 0 nitrogen and oxygen atoms in total. The minimum absolute atomic E-state index is 0.455. The first-order valence-corrected chi connectivity index (χ1v) is 7.21. The Morgan fingerprint density at radius 3 is 1.88 bits per heavy atom. The normalized spacial score (nSPS) is 12.5. The molecular weight excluding hydrogens is 192 g/mol. The van der Waals surface area contributed by atoms with Crippen molar-refractivity contribution in [2.24, 2.45) is 5.41 Å². The van der Waals surface area contributed by atoms with Gasteiger partial charge in [0.1, 0.15) is 0 Å². The zero-order valence-corrected chi connectivity index (χ0v) is 12.0. The maximum atomic E-state index is 2.37. The van der Waals surface area contributed by atoms with Gasteiger partial charge >= 0.3 is 0 Å². The summed E-state index contributed by atoms with van der Waals surface area (Å²) >= 11 is 0. The van der Waals surface area contributed by atoms with Crippen LogP contribution in [0.25, 0.3) is 0 Å². The fourth-order valence-corrected chi connectivity index (χ4v) is 1.77. The van der Waals surface area contributed by atoms with E-state index in [1.54, 1.807) is 0 Å². The highest BCUT2D eigenvalue weighted by molar-refractivity contribution is 4.85. The van der Waals surface area contributed by atoms with Crippen LogP contribution in [0.15, 0.2) is 12.2 Å². The SMILES string of the molecule is CCCCCCCCC/C=C\CC(C)(C)C. The van der Waals surface area contributed by atoms with E-state index in [4.69, 9.17) is 0 Å². The predicted octanol–water partition coefficient (Wildman–Crippen LogP) is 6.12. The second kappa shape index (κ2) is 9.93. The van der Waals surface area contributed by atoms with E-state index in [2.05, 4.69) is 39.8 Å². The van der Waals surface area contributed by atoms with Crippen molar-refractivity contribution in [1.29, 1.82) is 0 Å². The highest BCUT2D eigenvalue weighted by atomic mass is 14.1. The molecule has 0 heteroatoms. The van der Waals surface area contributed by atoms with E-state index in [1.165, 1.54) is 57.8 Å². The third-order valence-corrected chi connectivity index (χ3v) is 2.87. The van der Waals surface area contributed by atoms with Gasteiger partial charge in [0.2, 0.25) is 0 Å². The Kier molecular flexibility index (Phi) is 9.77. The molecule has 0 aliphatic rings. The summed E-state index contributed by atoms with van der Waals surface area (Å²) in [5, 5.41) is 0. The van der Waals surface area contributed by atoms with E-state index >= 15 is 0 Å². The highest BCUT2D eigenvalue weighted by Gasteiger charge is 2.05. The first-order chi connectivity index (χ1) is 7.56. The Hall–Kier alpha value is -0.260. The van der Waals surface area contributed by atoms with Crippen LogP contribution < -0.4 is 0 Å². The zero-order chi connectivity index (χ0) is 12.3. The lowest BCUT2D eigenvalue weighted by Crippen LogP contribution is -2.01. The molecule has 16 heavy (non-hydrogen) atoms. The second-order valence-corrected chi connectivity index (χ2v) is 6.15. The van der Waals surface area contributed by atoms with Gasteiger partial charge in [-0.05, 0) is 24.7 Å². The Balaban J connectivity index is 3.15. The van der Waals surface area contributed by atoms with Crippen molar-refractivity contribution in [2.75, 3.05) is 0 Å². The molecule has 0 aliphatic heterocycles. The number of hydrogen-bond acceptors (Lipinski definition) is 0. The van der Waals surface area contributed by atoms with E-state index < -0.39 is 0 Å². The monoisotopic (exact) mass is 224 g/mol. The minimum atomic E-state index is 0.455. The maximum absolute atomic E-state index is 2.37. The molecule has 0 radical (unpaired) electrons. The number of allylic oxidation sites excluding steroid dienone is 2. The summed E-state index contributed by atoms with van der Waals surface area (Å²) in [6, 6.07) is 0. The van der Waals surface area contributed by atoms with Crippen LogP contribution in [0.1, 0.15) is 85.5 Å². The molecule has 0 unspecified atom stereocenters. The Labute approximate surface area is 104 Å². The molecule has 0 atom stereocenters. The molecule has 0 bridgehead atoms.